The highest BCUT2D eigenvalue weighted by molar-refractivity contribution is 6.24. The van der Waals surface area contributed by atoms with Gasteiger partial charge in [0.1, 0.15) is 0 Å². The summed E-state index contributed by atoms with van der Waals surface area (Å²) < 4.78 is 4.57. The monoisotopic (exact) mass is 175 g/mol. The van der Waals surface area contributed by atoms with E-state index in [1.54, 1.807) is 0 Å². The maximum Gasteiger partial charge on any atom is 0.336 e. The van der Waals surface area contributed by atoms with Crippen LogP contribution in [0.2, 0.25) is 0 Å². The van der Waals surface area contributed by atoms with Gasteiger partial charge in [0.2, 0.25) is 0 Å². The Morgan fingerprint density at radius 3 is 2.69 bits per heavy atom. The Balaban J connectivity index is 2.08. The van der Waals surface area contributed by atoms with Crippen LogP contribution in [0, 0.1) is 0 Å². The zero-order valence-corrected chi connectivity index (χ0v) is 7.23. The Bertz CT molecular complexity index is 356. The SMILES string of the molecule is COC(=O)[C@H]1N=C1c1ccccc1. The summed E-state index contributed by atoms with van der Waals surface area (Å²) in [4.78, 5) is 15.1. The van der Waals surface area contributed by atoms with Gasteiger partial charge in [-0.25, -0.2) is 4.79 Å². The van der Waals surface area contributed by atoms with E-state index in [-0.39, 0.29) is 12.0 Å². The van der Waals surface area contributed by atoms with Crippen LogP contribution in [0.1, 0.15) is 5.56 Å². The van der Waals surface area contributed by atoms with Crippen LogP contribution in [0.25, 0.3) is 0 Å². The second-order valence-corrected chi connectivity index (χ2v) is 2.81. The second kappa shape index (κ2) is 3.01. The summed E-state index contributed by atoms with van der Waals surface area (Å²) in [5.41, 5.74) is 1.82. The molecule has 0 saturated carbocycles. The third-order valence-electron chi connectivity index (χ3n) is 1.95. The summed E-state index contributed by atoms with van der Waals surface area (Å²) in [7, 11) is 1.37. The van der Waals surface area contributed by atoms with E-state index >= 15 is 0 Å². The highest BCUT2D eigenvalue weighted by atomic mass is 16.5. The van der Waals surface area contributed by atoms with Gasteiger partial charge in [-0.1, -0.05) is 30.3 Å². The maximum absolute atomic E-state index is 11.0. The third-order valence-corrected chi connectivity index (χ3v) is 1.95. The first-order chi connectivity index (χ1) is 6.33. The van der Waals surface area contributed by atoms with Crippen molar-refractivity contribution in [3.63, 3.8) is 0 Å². The van der Waals surface area contributed by atoms with Crippen molar-refractivity contribution < 1.29 is 9.53 Å². The van der Waals surface area contributed by atoms with Crippen LogP contribution in [-0.4, -0.2) is 24.8 Å². The number of ether oxygens (including phenoxy) is 1. The molecule has 0 saturated heterocycles. The standard InChI is InChI=1S/C10H9NO2/c1-13-10(12)9-8(11-9)7-5-3-2-4-6-7/h2-6,9H,1H3/t9-/m0/s1. The molecule has 1 aromatic carbocycles. The van der Waals surface area contributed by atoms with Crippen molar-refractivity contribution in [1.29, 1.82) is 0 Å². The number of methoxy groups -OCH3 is 1. The maximum atomic E-state index is 11.0. The van der Waals surface area contributed by atoms with Crippen LogP contribution < -0.4 is 0 Å². The predicted molar refractivity (Wildman–Crippen MR) is 48.8 cm³/mol. The van der Waals surface area contributed by atoms with Crippen LogP contribution in [-0.2, 0) is 9.53 Å². The smallest absolute Gasteiger partial charge is 0.336 e. The van der Waals surface area contributed by atoms with Crippen molar-refractivity contribution in [2.75, 3.05) is 7.11 Å². The lowest BCUT2D eigenvalue weighted by atomic mass is 10.1. The number of esters is 1. The lowest BCUT2D eigenvalue weighted by molar-refractivity contribution is -0.139. The van der Waals surface area contributed by atoms with Gasteiger partial charge in [0.05, 0.1) is 12.8 Å². The summed E-state index contributed by atoms with van der Waals surface area (Å²) >= 11 is 0. The van der Waals surface area contributed by atoms with Gasteiger partial charge in [0.25, 0.3) is 0 Å². The summed E-state index contributed by atoms with van der Waals surface area (Å²) in [6, 6.07) is 9.28. The molecule has 66 valence electrons. The minimum absolute atomic E-state index is 0.279. The van der Waals surface area contributed by atoms with E-state index in [0.29, 0.717) is 0 Å². The molecule has 0 amide bonds. The topological polar surface area (TPSA) is 38.7 Å². The molecule has 13 heavy (non-hydrogen) atoms. The molecule has 1 atom stereocenters. The van der Waals surface area contributed by atoms with Gasteiger partial charge in [-0.2, -0.15) is 0 Å². The molecule has 0 fully saturated rings. The molecule has 2 rings (SSSR count). The largest absolute Gasteiger partial charge is 0.467 e. The summed E-state index contributed by atoms with van der Waals surface area (Å²) in [5, 5.41) is 0. The molecule has 0 aromatic heterocycles. The Morgan fingerprint density at radius 2 is 2.08 bits per heavy atom. The summed E-state index contributed by atoms with van der Waals surface area (Å²) in [6.45, 7) is 0. The van der Waals surface area contributed by atoms with Gasteiger partial charge in [-0.05, 0) is 5.56 Å². The zero-order valence-electron chi connectivity index (χ0n) is 7.23. The van der Waals surface area contributed by atoms with Gasteiger partial charge in [-0.3, -0.25) is 4.99 Å². The van der Waals surface area contributed by atoms with Gasteiger partial charge < -0.3 is 4.74 Å². The van der Waals surface area contributed by atoms with Crippen molar-refractivity contribution in [2.45, 2.75) is 6.04 Å². The van der Waals surface area contributed by atoms with Gasteiger partial charge in [-0.15, -0.1) is 0 Å². The first kappa shape index (κ1) is 7.98. The molecule has 0 aliphatic carbocycles. The van der Waals surface area contributed by atoms with Crippen molar-refractivity contribution >= 4 is 11.7 Å². The van der Waals surface area contributed by atoms with Crippen molar-refractivity contribution in [3.05, 3.63) is 35.9 Å². The molecule has 0 radical (unpaired) electrons. The summed E-state index contributed by atoms with van der Waals surface area (Å²) in [5.74, 6) is -0.279. The van der Waals surface area contributed by atoms with E-state index in [1.807, 2.05) is 30.3 Å². The van der Waals surface area contributed by atoms with Crippen molar-refractivity contribution in [3.8, 4) is 0 Å². The molecule has 1 heterocycles. The van der Waals surface area contributed by atoms with Gasteiger partial charge in [0.15, 0.2) is 6.04 Å². The van der Waals surface area contributed by atoms with Crippen molar-refractivity contribution in [1.82, 2.24) is 0 Å². The first-order valence-corrected chi connectivity index (χ1v) is 4.04. The van der Waals surface area contributed by atoms with E-state index in [1.165, 1.54) is 7.11 Å². The zero-order chi connectivity index (χ0) is 9.26. The number of hydrogen-bond acceptors (Lipinski definition) is 3. The number of rotatable bonds is 2. The van der Waals surface area contributed by atoms with Gasteiger partial charge >= 0.3 is 5.97 Å². The average molecular weight is 175 g/mol. The molecule has 1 aliphatic heterocycles. The number of benzene rings is 1. The molecule has 3 heteroatoms. The molecular weight excluding hydrogens is 166 g/mol. The fraction of sp³-hybridized carbons (Fsp3) is 0.200. The number of carbonyl (C=O) groups excluding carboxylic acids is 1. The third kappa shape index (κ3) is 1.45. The first-order valence-electron chi connectivity index (χ1n) is 4.04. The van der Waals surface area contributed by atoms with E-state index in [9.17, 15) is 4.79 Å². The normalized spacial score (nSPS) is 19.2. The van der Waals surface area contributed by atoms with E-state index in [0.717, 1.165) is 11.3 Å². The second-order valence-electron chi connectivity index (χ2n) is 2.81. The van der Waals surface area contributed by atoms with Crippen LogP contribution in [0.3, 0.4) is 0 Å². The molecule has 0 unspecified atom stereocenters. The molecule has 0 bridgehead atoms. The van der Waals surface area contributed by atoms with Gasteiger partial charge in [0, 0.05) is 0 Å². The fourth-order valence-corrected chi connectivity index (χ4v) is 1.22. The molecule has 0 N–H and O–H groups in total. The van der Waals surface area contributed by atoms with Crippen LogP contribution >= 0.6 is 0 Å². The van der Waals surface area contributed by atoms with E-state index < -0.39 is 0 Å². The van der Waals surface area contributed by atoms with E-state index in [4.69, 9.17) is 0 Å². The number of nitrogens with zero attached hydrogens (tertiary/aromatic N) is 1. The minimum atomic E-state index is -0.354. The number of hydrogen-bond donors (Lipinski definition) is 0. The Morgan fingerprint density at radius 1 is 1.38 bits per heavy atom. The number of carbonyl (C=O) groups is 1. The van der Waals surface area contributed by atoms with E-state index in [2.05, 4.69) is 9.73 Å². The molecule has 1 aromatic rings. The minimum Gasteiger partial charge on any atom is -0.467 e. The average Bonchev–Trinajstić information content (AvgIpc) is 2.98. The Labute approximate surface area is 76.1 Å². The highest BCUT2D eigenvalue weighted by Gasteiger charge is 2.36. The molecule has 1 aliphatic rings. The Hall–Kier alpha value is -1.64. The van der Waals surface area contributed by atoms with Crippen LogP contribution in [0.15, 0.2) is 35.3 Å². The van der Waals surface area contributed by atoms with Crippen LogP contribution in [0.5, 0.6) is 0 Å². The quantitative estimate of drug-likeness (QED) is 0.630. The molecular formula is C10H9NO2. The molecule has 0 spiro atoms. The predicted octanol–water partition coefficient (Wildman–Crippen LogP) is 1.03. The Kier molecular flexibility index (Phi) is 1.85. The summed E-state index contributed by atoms with van der Waals surface area (Å²) in [6.07, 6.45) is 0. The van der Waals surface area contributed by atoms with Crippen LogP contribution in [0.4, 0.5) is 0 Å². The number of aliphatic imine (C=N–C) groups is 1. The highest BCUT2D eigenvalue weighted by Crippen LogP contribution is 2.20. The molecule has 3 nitrogen and oxygen atoms in total. The fourth-order valence-electron chi connectivity index (χ4n) is 1.22. The lowest BCUT2D eigenvalue weighted by Gasteiger charge is -1.94. The lowest BCUT2D eigenvalue weighted by Crippen LogP contribution is -2.14. The van der Waals surface area contributed by atoms with Crippen molar-refractivity contribution in [2.24, 2.45) is 4.99 Å².